The van der Waals surface area contributed by atoms with Gasteiger partial charge in [-0.1, -0.05) is 0 Å². The lowest BCUT2D eigenvalue weighted by molar-refractivity contribution is -0.142. The number of aromatic nitrogens is 3. The molecule has 1 aliphatic heterocycles. The molecule has 0 bridgehead atoms. The van der Waals surface area contributed by atoms with Crippen LogP contribution in [-0.2, 0) is 17.8 Å². The first-order chi connectivity index (χ1) is 10.1. The Hall–Kier alpha value is -2.70. The number of aliphatic carboxylic acids is 1. The zero-order valence-corrected chi connectivity index (χ0v) is 11.1. The Bertz CT molecular complexity index is 709. The number of hydrogen-bond acceptors (Lipinski definition) is 4. The first kappa shape index (κ1) is 13.3. The third kappa shape index (κ3) is 2.26. The van der Waals surface area contributed by atoms with E-state index in [9.17, 15) is 19.8 Å². The van der Waals surface area contributed by atoms with E-state index in [1.54, 1.807) is 29.1 Å². The van der Waals surface area contributed by atoms with Crippen LogP contribution in [0.25, 0.3) is 11.4 Å². The Morgan fingerprint density at radius 3 is 2.57 bits per heavy atom. The Morgan fingerprint density at radius 2 is 1.95 bits per heavy atom. The van der Waals surface area contributed by atoms with Gasteiger partial charge in [0.1, 0.15) is 5.82 Å². The van der Waals surface area contributed by atoms with Gasteiger partial charge in [0.2, 0.25) is 0 Å². The van der Waals surface area contributed by atoms with E-state index in [4.69, 9.17) is 0 Å². The van der Waals surface area contributed by atoms with Crippen LogP contribution in [-0.4, -0.2) is 36.7 Å². The molecule has 7 heteroatoms. The minimum absolute atomic E-state index is 0.00523. The standard InChI is InChI=1S/C14H13N3O4/c18-13(19)9-1-2-10-11(14(20)21)16-12(17(10)7-9)8-3-5-15-6-4-8/h3-6,9H,1-2,7H2,(H,18,19)(H,20,21). The number of rotatable bonds is 3. The summed E-state index contributed by atoms with van der Waals surface area (Å²) in [5, 5.41) is 18.5. The number of aromatic carboxylic acids is 1. The van der Waals surface area contributed by atoms with Gasteiger partial charge in [-0.3, -0.25) is 9.78 Å². The zero-order valence-electron chi connectivity index (χ0n) is 11.1. The summed E-state index contributed by atoms with van der Waals surface area (Å²) in [5.74, 6) is -2.00. The van der Waals surface area contributed by atoms with Gasteiger partial charge < -0.3 is 14.8 Å². The number of imidazole rings is 1. The van der Waals surface area contributed by atoms with Gasteiger partial charge in [0.05, 0.1) is 11.6 Å². The van der Waals surface area contributed by atoms with Gasteiger partial charge in [0.25, 0.3) is 0 Å². The highest BCUT2D eigenvalue weighted by molar-refractivity contribution is 5.88. The molecule has 0 fully saturated rings. The summed E-state index contributed by atoms with van der Waals surface area (Å²) < 4.78 is 1.71. The maximum Gasteiger partial charge on any atom is 0.356 e. The van der Waals surface area contributed by atoms with E-state index in [0.29, 0.717) is 24.4 Å². The maximum absolute atomic E-state index is 11.3. The van der Waals surface area contributed by atoms with Crippen molar-refractivity contribution in [3.8, 4) is 11.4 Å². The maximum atomic E-state index is 11.3. The van der Waals surface area contributed by atoms with Crippen molar-refractivity contribution in [1.82, 2.24) is 14.5 Å². The van der Waals surface area contributed by atoms with Crippen molar-refractivity contribution < 1.29 is 19.8 Å². The van der Waals surface area contributed by atoms with Crippen LogP contribution in [0.2, 0.25) is 0 Å². The van der Waals surface area contributed by atoms with Gasteiger partial charge >= 0.3 is 11.9 Å². The summed E-state index contributed by atoms with van der Waals surface area (Å²) in [5.41, 5.74) is 1.32. The van der Waals surface area contributed by atoms with Gasteiger partial charge in [-0.15, -0.1) is 0 Å². The van der Waals surface area contributed by atoms with Gasteiger partial charge in [0.15, 0.2) is 5.69 Å². The lowest BCUT2D eigenvalue weighted by Crippen LogP contribution is -2.27. The average molecular weight is 287 g/mol. The highest BCUT2D eigenvalue weighted by atomic mass is 16.4. The molecule has 1 aliphatic rings. The molecule has 108 valence electrons. The molecular weight excluding hydrogens is 274 g/mol. The molecular formula is C14H13N3O4. The fourth-order valence-electron chi connectivity index (χ4n) is 2.65. The van der Waals surface area contributed by atoms with Crippen molar-refractivity contribution >= 4 is 11.9 Å². The molecule has 0 aliphatic carbocycles. The van der Waals surface area contributed by atoms with Crippen LogP contribution < -0.4 is 0 Å². The molecule has 2 aromatic heterocycles. The van der Waals surface area contributed by atoms with E-state index in [0.717, 1.165) is 5.56 Å². The first-order valence-electron chi connectivity index (χ1n) is 6.54. The minimum Gasteiger partial charge on any atom is -0.481 e. The Balaban J connectivity index is 2.13. The second-order valence-corrected chi connectivity index (χ2v) is 4.96. The molecule has 7 nitrogen and oxygen atoms in total. The Kier molecular flexibility index (Phi) is 3.17. The summed E-state index contributed by atoms with van der Waals surface area (Å²) in [6.07, 6.45) is 4.01. The third-order valence-corrected chi connectivity index (χ3v) is 3.70. The molecule has 0 radical (unpaired) electrons. The lowest BCUT2D eigenvalue weighted by atomic mass is 9.97. The molecule has 2 aromatic rings. The van der Waals surface area contributed by atoms with Crippen LogP contribution >= 0.6 is 0 Å². The van der Waals surface area contributed by atoms with E-state index in [2.05, 4.69) is 9.97 Å². The predicted octanol–water partition coefficient (Wildman–Crippen LogP) is 1.29. The van der Waals surface area contributed by atoms with E-state index in [1.165, 1.54) is 0 Å². The van der Waals surface area contributed by atoms with Crippen molar-refractivity contribution in [2.24, 2.45) is 5.92 Å². The van der Waals surface area contributed by atoms with Crippen LogP contribution in [0.5, 0.6) is 0 Å². The van der Waals surface area contributed by atoms with E-state index < -0.39 is 17.9 Å². The Morgan fingerprint density at radius 1 is 1.24 bits per heavy atom. The van der Waals surface area contributed by atoms with Crippen molar-refractivity contribution in [2.45, 2.75) is 19.4 Å². The second kappa shape index (κ2) is 5.01. The molecule has 1 unspecified atom stereocenters. The molecule has 0 saturated heterocycles. The van der Waals surface area contributed by atoms with Gasteiger partial charge in [0, 0.05) is 24.5 Å². The zero-order chi connectivity index (χ0) is 15.0. The molecule has 3 heterocycles. The van der Waals surface area contributed by atoms with Gasteiger partial charge in [-0.05, 0) is 25.0 Å². The lowest BCUT2D eigenvalue weighted by Gasteiger charge is -2.22. The summed E-state index contributed by atoms with van der Waals surface area (Å²) in [4.78, 5) is 30.6. The van der Waals surface area contributed by atoms with Crippen molar-refractivity contribution in [3.05, 3.63) is 35.9 Å². The minimum atomic E-state index is -1.09. The smallest absolute Gasteiger partial charge is 0.356 e. The molecule has 1 atom stereocenters. The quantitative estimate of drug-likeness (QED) is 0.881. The number of fused-ring (bicyclic) bond motifs is 1. The van der Waals surface area contributed by atoms with Crippen LogP contribution in [0.15, 0.2) is 24.5 Å². The van der Waals surface area contributed by atoms with E-state index in [1.807, 2.05) is 0 Å². The summed E-state index contributed by atoms with van der Waals surface area (Å²) in [6.45, 7) is 0.239. The molecule has 0 amide bonds. The van der Waals surface area contributed by atoms with Crippen molar-refractivity contribution in [2.75, 3.05) is 0 Å². The Labute approximate surface area is 119 Å². The first-order valence-corrected chi connectivity index (χ1v) is 6.54. The number of carbonyl (C=O) groups is 2. The fraction of sp³-hybridized carbons (Fsp3) is 0.286. The normalized spacial score (nSPS) is 17.2. The van der Waals surface area contributed by atoms with Crippen LogP contribution in [0.3, 0.4) is 0 Å². The number of carboxylic acids is 2. The molecule has 3 rings (SSSR count). The summed E-state index contributed by atoms with van der Waals surface area (Å²) in [7, 11) is 0. The SMILES string of the molecule is O=C(O)c1nc(-c2ccncc2)n2c1CCC(C(=O)O)C2. The number of nitrogens with zero attached hydrogens (tertiary/aromatic N) is 3. The largest absolute Gasteiger partial charge is 0.481 e. The molecule has 21 heavy (non-hydrogen) atoms. The van der Waals surface area contributed by atoms with Gasteiger partial charge in [-0.25, -0.2) is 9.78 Å². The number of carboxylic acid groups (broad SMARTS) is 2. The molecule has 0 spiro atoms. The summed E-state index contributed by atoms with van der Waals surface area (Å²) >= 11 is 0. The van der Waals surface area contributed by atoms with Crippen molar-refractivity contribution in [1.29, 1.82) is 0 Å². The third-order valence-electron chi connectivity index (χ3n) is 3.70. The van der Waals surface area contributed by atoms with Crippen LogP contribution in [0.1, 0.15) is 22.6 Å². The van der Waals surface area contributed by atoms with E-state index in [-0.39, 0.29) is 12.2 Å². The molecule has 2 N–H and O–H groups in total. The average Bonchev–Trinajstić information content (AvgIpc) is 2.87. The van der Waals surface area contributed by atoms with Crippen LogP contribution in [0.4, 0.5) is 0 Å². The van der Waals surface area contributed by atoms with Crippen molar-refractivity contribution in [3.63, 3.8) is 0 Å². The highest BCUT2D eigenvalue weighted by Crippen LogP contribution is 2.29. The van der Waals surface area contributed by atoms with Gasteiger partial charge in [-0.2, -0.15) is 0 Å². The summed E-state index contributed by atoms with van der Waals surface area (Å²) in [6, 6.07) is 3.46. The topological polar surface area (TPSA) is 105 Å². The van der Waals surface area contributed by atoms with E-state index >= 15 is 0 Å². The number of hydrogen-bond donors (Lipinski definition) is 2. The second-order valence-electron chi connectivity index (χ2n) is 4.96. The molecule has 0 saturated carbocycles. The predicted molar refractivity (Wildman–Crippen MR) is 71.9 cm³/mol. The fourth-order valence-corrected chi connectivity index (χ4v) is 2.65. The van der Waals surface area contributed by atoms with Crippen LogP contribution in [0, 0.1) is 5.92 Å². The molecule has 0 aromatic carbocycles. The number of pyridine rings is 1. The highest BCUT2D eigenvalue weighted by Gasteiger charge is 2.31. The monoisotopic (exact) mass is 287 g/mol.